The molecule has 1 N–H and O–H groups in total. The van der Waals surface area contributed by atoms with Gasteiger partial charge < -0.3 is 5.32 Å². The molecule has 0 amide bonds. The van der Waals surface area contributed by atoms with Crippen LogP contribution >= 0.6 is 0 Å². The standard InChI is InChI=1S/C15H27N3/c1-5-10-16-11-9-12-13(6-2)17-15(8-4)18-14(12)7-3/h16H,5-11H2,1-4H3. The molecule has 3 nitrogen and oxygen atoms in total. The Balaban J connectivity index is 2.85. The van der Waals surface area contributed by atoms with Crippen LogP contribution in [0.2, 0.25) is 0 Å². The van der Waals surface area contributed by atoms with E-state index in [0.717, 1.165) is 44.6 Å². The van der Waals surface area contributed by atoms with E-state index in [9.17, 15) is 0 Å². The van der Waals surface area contributed by atoms with Gasteiger partial charge in [-0.3, -0.25) is 0 Å². The predicted octanol–water partition coefficient (Wildman–Crippen LogP) is 2.71. The highest BCUT2D eigenvalue weighted by atomic mass is 14.9. The van der Waals surface area contributed by atoms with Crippen LogP contribution in [0, 0.1) is 0 Å². The van der Waals surface area contributed by atoms with E-state index in [1.165, 1.54) is 23.4 Å². The highest BCUT2D eigenvalue weighted by Crippen LogP contribution is 2.14. The zero-order valence-electron chi connectivity index (χ0n) is 12.3. The van der Waals surface area contributed by atoms with Gasteiger partial charge in [0, 0.05) is 17.8 Å². The number of aryl methyl sites for hydroxylation is 3. The molecule has 0 radical (unpaired) electrons. The maximum atomic E-state index is 4.68. The van der Waals surface area contributed by atoms with Gasteiger partial charge in [0.05, 0.1) is 0 Å². The number of hydrogen-bond donors (Lipinski definition) is 1. The first-order chi connectivity index (χ1) is 8.76. The van der Waals surface area contributed by atoms with E-state index in [2.05, 4.69) is 43.0 Å². The largest absolute Gasteiger partial charge is 0.316 e. The zero-order valence-corrected chi connectivity index (χ0v) is 12.3. The molecule has 0 aliphatic carbocycles. The quantitative estimate of drug-likeness (QED) is 0.720. The lowest BCUT2D eigenvalue weighted by atomic mass is 10.0. The molecule has 1 heterocycles. The second kappa shape index (κ2) is 8.20. The topological polar surface area (TPSA) is 37.8 Å². The van der Waals surface area contributed by atoms with Crippen LogP contribution in [0.3, 0.4) is 0 Å². The maximum absolute atomic E-state index is 4.68. The summed E-state index contributed by atoms with van der Waals surface area (Å²) < 4.78 is 0. The molecule has 0 aliphatic rings. The number of rotatable bonds is 8. The van der Waals surface area contributed by atoms with Crippen molar-refractivity contribution in [2.45, 2.75) is 59.8 Å². The van der Waals surface area contributed by atoms with Crippen molar-refractivity contribution in [1.29, 1.82) is 0 Å². The van der Waals surface area contributed by atoms with Gasteiger partial charge in [0.25, 0.3) is 0 Å². The number of nitrogens with zero attached hydrogens (tertiary/aromatic N) is 2. The Morgan fingerprint density at radius 1 is 0.833 bits per heavy atom. The number of hydrogen-bond acceptors (Lipinski definition) is 3. The Hall–Kier alpha value is -0.960. The third-order valence-electron chi connectivity index (χ3n) is 3.19. The molecule has 0 atom stereocenters. The van der Waals surface area contributed by atoms with Crippen LogP contribution < -0.4 is 5.32 Å². The molecule has 0 aromatic carbocycles. The second-order valence-electron chi connectivity index (χ2n) is 4.57. The molecule has 0 fully saturated rings. The molecule has 0 aliphatic heterocycles. The molecule has 0 saturated carbocycles. The van der Waals surface area contributed by atoms with E-state index in [0.29, 0.717) is 0 Å². The van der Waals surface area contributed by atoms with E-state index in [1.807, 2.05) is 0 Å². The lowest BCUT2D eigenvalue weighted by Gasteiger charge is -2.13. The minimum absolute atomic E-state index is 0.925. The highest BCUT2D eigenvalue weighted by molar-refractivity contribution is 5.27. The molecule has 0 spiro atoms. The molecule has 1 rings (SSSR count). The third kappa shape index (κ3) is 4.05. The fraction of sp³-hybridized carbons (Fsp3) is 0.733. The molecular weight excluding hydrogens is 222 g/mol. The van der Waals surface area contributed by atoms with Gasteiger partial charge in [-0.25, -0.2) is 9.97 Å². The maximum Gasteiger partial charge on any atom is 0.128 e. The molecule has 1 aromatic heterocycles. The van der Waals surface area contributed by atoms with Crippen molar-refractivity contribution >= 4 is 0 Å². The Labute approximate surface area is 111 Å². The zero-order chi connectivity index (χ0) is 13.4. The third-order valence-corrected chi connectivity index (χ3v) is 3.19. The summed E-state index contributed by atoms with van der Waals surface area (Å²) in [5.41, 5.74) is 3.87. The monoisotopic (exact) mass is 249 g/mol. The summed E-state index contributed by atoms with van der Waals surface area (Å²) in [6.45, 7) is 10.8. The Morgan fingerprint density at radius 3 is 1.89 bits per heavy atom. The molecule has 0 bridgehead atoms. The first-order valence-corrected chi connectivity index (χ1v) is 7.34. The SMILES string of the molecule is CCCNCCc1c(CC)nc(CC)nc1CC. The highest BCUT2D eigenvalue weighted by Gasteiger charge is 2.11. The van der Waals surface area contributed by atoms with Crippen LogP contribution in [0.1, 0.15) is 56.9 Å². The van der Waals surface area contributed by atoms with Crippen LogP contribution in [0.25, 0.3) is 0 Å². The van der Waals surface area contributed by atoms with E-state index >= 15 is 0 Å². The van der Waals surface area contributed by atoms with Crippen LogP contribution in [0.15, 0.2) is 0 Å². The van der Waals surface area contributed by atoms with Crippen molar-refractivity contribution in [2.24, 2.45) is 0 Å². The minimum Gasteiger partial charge on any atom is -0.316 e. The smallest absolute Gasteiger partial charge is 0.128 e. The van der Waals surface area contributed by atoms with Gasteiger partial charge in [-0.15, -0.1) is 0 Å². The Bertz CT molecular complexity index is 336. The van der Waals surface area contributed by atoms with Crippen molar-refractivity contribution in [2.75, 3.05) is 13.1 Å². The van der Waals surface area contributed by atoms with Gasteiger partial charge in [0.15, 0.2) is 0 Å². The van der Waals surface area contributed by atoms with Crippen molar-refractivity contribution in [3.63, 3.8) is 0 Å². The van der Waals surface area contributed by atoms with Crippen molar-refractivity contribution in [3.8, 4) is 0 Å². The predicted molar refractivity (Wildman–Crippen MR) is 77.0 cm³/mol. The fourth-order valence-electron chi connectivity index (χ4n) is 2.18. The van der Waals surface area contributed by atoms with Crippen LogP contribution in [-0.2, 0) is 25.7 Å². The summed E-state index contributed by atoms with van der Waals surface area (Å²) in [6.07, 6.45) is 5.18. The van der Waals surface area contributed by atoms with Gasteiger partial charge in [0.2, 0.25) is 0 Å². The average Bonchev–Trinajstić information content (AvgIpc) is 2.42. The van der Waals surface area contributed by atoms with Gasteiger partial charge in [-0.05, 0) is 44.3 Å². The van der Waals surface area contributed by atoms with Crippen LogP contribution in [0.5, 0.6) is 0 Å². The van der Waals surface area contributed by atoms with E-state index in [1.54, 1.807) is 0 Å². The van der Waals surface area contributed by atoms with E-state index in [-0.39, 0.29) is 0 Å². The molecular formula is C15H27N3. The fourth-order valence-corrected chi connectivity index (χ4v) is 2.18. The average molecular weight is 249 g/mol. The lowest BCUT2D eigenvalue weighted by Crippen LogP contribution is -2.20. The van der Waals surface area contributed by atoms with Gasteiger partial charge >= 0.3 is 0 Å². The van der Waals surface area contributed by atoms with Gasteiger partial charge in [0.1, 0.15) is 5.82 Å². The summed E-state index contributed by atoms with van der Waals surface area (Å²) in [5, 5.41) is 3.46. The van der Waals surface area contributed by atoms with Gasteiger partial charge in [-0.2, -0.15) is 0 Å². The van der Waals surface area contributed by atoms with E-state index in [4.69, 9.17) is 0 Å². The summed E-state index contributed by atoms with van der Waals surface area (Å²) in [6, 6.07) is 0. The molecule has 102 valence electrons. The lowest BCUT2D eigenvalue weighted by molar-refractivity contribution is 0.660. The molecule has 3 heteroatoms. The Kier molecular flexibility index (Phi) is 6.88. The van der Waals surface area contributed by atoms with Crippen molar-refractivity contribution < 1.29 is 0 Å². The Morgan fingerprint density at radius 2 is 1.44 bits per heavy atom. The normalized spacial score (nSPS) is 10.9. The van der Waals surface area contributed by atoms with Crippen molar-refractivity contribution in [3.05, 3.63) is 22.8 Å². The molecule has 18 heavy (non-hydrogen) atoms. The first-order valence-electron chi connectivity index (χ1n) is 7.34. The van der Waals surface area contributed by atoms with Crippen LogP contribution in [0.4, 0.5) is 0 Å². The second-order valence-corrected chi connectivity index (χ2v) is 4.57. The number of nitrogens with one attached hydrogen (secondary N) is 1. The molecule has 1 aromatic rings. The summed E-state index contributed by atoms with van der Waals surface area (Å²) in [5.74, 6) is 0.994. The minimum atomic E-state index is 0.925. The van der Waals surface area contributed by atoms with Crippen molar-refractivity contribution in [1.82, 2.24) is 15.3 Å². The summed E-state index contributed by atoms with van der Waals surface area (Å²) >= 11 is 0. The first kappa shape index (κ1) is 15.1. The van der Waals surface area contributed by atoms with Crippen LogP contribution in [-0.4, -0.2) is 23.1 Å². The molecule has 0 unspecified atom stereocenters. The van der Waals surface area contributed by atoms with Gasteiger partial charge in [-0.1, -0.05) is 27.7 Å². The molecule has 0 saturated heterocycles. The summed E-state index contributed by atoms with van der Waals surface area (Å²) in [4.78, 5) is 9.36. The van der Waals surface area contributed by atoms with E-state index < -0.39 is 0 Å². The number of aromatic nitrogens is 2. The summed E-state index contributed by atoms with van der Waals surface area (Å²) in [7, 11) is 0.